The van der Waals surface area contributed by atoms with Crippen molar-refractivity contribution in [3.8, 4) is 0 Å². The summed E-state index contributed by atoms with van der Waals surface area (Å²) in [5.74, 6) is -0.879. The van der Waals surface area contributed by atoms with Crippen molar-refractivity contribution in [2.24, 2.45) is 5.92 Å². The normalized spacial score (nSPS) is 25.5. The summed E-state index contributed by atoms with van der Waals surface area (Å²) < 4.78 is 4.92. The number of aryl methyl sites for hydroxylation is 1. The van der Waals surface area contributed by atoms with Gasteiger partial charge in [-0.05, 0) is 36.8 Å². The van der Waals surface area contributed by atoms with E-state index in [1.165, 1.54) is 11.1 Å². The summed E-state index contributed by atoms with van der Waals surface area (Å²) in [6.07, 6.45) is 4.25. The summed E-state index contributed by atoms with van der Waals surface area (Å²) in [6.45, 7) is 0.269. The third-order valence-corrected chi connectivity index (χ3v) is 4.79. The van der Waals surface area contributed by atoms with Crippen molar-refractivity contribution in [3.05, 3.63) is 35.4 Å². The lowest BCUT2D eigenvalue weighted by atomic mass is 9.78. The Hall–Kier alpha value is -1.88. The molecular weight excluding hydrogens is 282 g/mol. The largest absolute Gasteiger partial charge is 0.480 e. The first-order valence-corrected chi connectivity index (χ1v) is 7.79. The number of carbonyl (C=O) groups excluding carboxylic acids is 1. The predicted molar refractivity (Wildman–Crippen MR) is 80.6 cm³/mol. The van der Waals surface area contributed by atoms with Crippen LogP contribution in [0.25, 0.3) is 0 Å². The minimum absolute atomic E-state index is 0.0425. The van der Waals surface area contributed by atoms with E-state index in [-0.39, 0.29) is 30.5 Å². The van der Waals surface area contributed by atoms with Gasteiger partial charge in [-0.25, -0.2) is 4.79 Å². The molecule has 1 fully saturated rings. The van der Waals surface area contributed by atoms with E-state index in [0.717, 1.165) is 25.7 Å². The summed E-state index contributed by atoms with van der Waals surface area (Å²) in [4.78, 5) is 22.6. The molecular formula is C17H21NO4. The van der Waals surface area contributed by atoms with E-state index in [1.807, 2.05) is 0 Å². The lowest BCUT2D eigenvalue weighted by molar-refractivity contribution is -0.142. The van der Waals surface area contributed by atoms with Gasteiger partial charge >= 0.3 is 5.97 Å². The minimum atomic E-state index is -0.994. The summed E-state index contributed by atoms with van der Waals surface area (Å²) in [7, 11) is 0. The number of carboxylic acids is 1. The van der Waals surface area contributed by atoms with Crippen LogP contribution in [0.3, 0.4) is 0 Å². The van der Waals surface area contributed by atoms with Crippen LogP contribution in [0, 0.1) is 5.92 Å². The Morgan fingerprint density at radius 2 is 2.18 bits per heavy atom. The molecule has 0 aromatic heterocycles. The molecule has 2 unspecified atom stereocenters. The maximum atomic E-state index is 12.3. The third-order valence-electron chi connectivity index (χ3n) is 4.79. The van der Waals surface area contributed by atoms with E-state index in [4.69, 9.17) is 9.84 Å². The smallest absolute Gasteiger partial charge is 0.329 e. The molecule has 1 amide bonds. The molecule has 1 saturated carbocycles. The summed E-state index contributed by atoms with van der Waals surface area (Å²) in [6, 6.07) is 8.45. The zero-order chi connectivity index (χ0) is 15.6. The Morgan fingerprint density at radius 3 is 3.00 bits per heavy atom. The molecule has 3 rings (SSSR count). The van der Waals surface area contributed by atoms with Crippen molar-refractivity contribution in [1.29, 1.82) is 0 Å². The molecule has 2 N–H and O–H groups in total. The highest BCUT2D eigenvalue weighted by Gasteiger charge is 2.59. The quantitative estimate of drug-likeness (QED) is 0.781. The summed E-state index contributed by atoms with van der Waals surface area (Å²) in [5.41, 5.74) is 2.78. The number of amides is 1. The molecule has 2 atom stereocenters. The first-order chi connectivity index (χ1) is 10.6. The minimum Gasteiger partial charge on any atom is -0.480 e. The van der Waals surface area contributed by atoms with Crippen molar-refractivity contribution in [2.45, 2.75) is 31.1 Å². The SMILES string of the molecule is O=C(O)COCCNC(=O)C1CC12CCCc1ccccc12. The number of hydrogen-bond acceptors (Lipinski definition) is 3. The lowest BCUT2D eigenvalue weighted by Gasteiger charge is -2.26. The molecule has 0 heterocycles. The van der Waals surface area contributed by atoms with Gasteiger partial charge in [0.15, 0.2) is 0 Å². The van der Waals surface area contributed by atoms with Crippen molar-refractivity contribution < 1.29 is 19.4 Å². The molecule has 1 spiro atoms. The molecule has 5 nitrogen and oxygen atoms in total. The van der Waals surface area contributed by atoms with Crippen molar-refractivity contribution in [3.63, 3.8) is 0 Å². The van der Waals surface area contributed by atoms with Gasteiger partial charge in [-0.1, -0.05) is 24.3 Å². The molecule has 0 radical (unpaired) electrons. The second-order valence-corrected chi connectivity index (χ2v) is 6.16. The van der Waals surface area contributed by atoms with Gasteiger partial charge in [0.2, 0.25) is 5.91 Å². The van der Waals surface area contributed by atoms with Crippen molar-refractivity contribution in [2.75, 3.05) is 19.8 Å². The van der Waals surface area contributed by atoms with Crippen LogP contribution in [-0.2, 0) is 26.2 Å². The number of ether oxygens (including phenoxy) is 1. The zero-order valence-corrected chi connectivity index (χ0v) is 12.5. The fraction of sp³-hybridized carbons (Fsp3) is 0.529. The summed E-state index contributed by atoms with van der Waals surface area (Å²) in [5, 5.41) is 11.3. The number of carbonyl (C=O) groups is 2. The Balaban J connectivity index is 1.54. The number of fused-ring (bicyclic) bond motifs is 2. The van der Waals surface area contributed by atoms with Crippen LogP contribution in [-0.4, -0.2) is 36.7 Å². The van der Waals surface area contributed by atoms with Crippen LogP contribution in [0.2, 0.25) is 0 Å². The zero-order valence-electron chi connectivity index (χ0n) is 12.5. The van der Waals surface area contributed by atoms with Crippen molar-refractivity contribution in [1.82, 2.24) is 5.32 Å². The Labute approximate surface area is 129 Å². The number of aliphatic carboxylic acids is 1. The average Bonchev–Trinajstić information content (AvgIpc) is 3.22. The maximum absolute atomic E-state index is 12.3. The molecule has 0 saturated heterocycles. The highest BCUT2D eigenvalue weighted by molar-refractivity contribution is 5.84. The summed E-state index contributed by atoms with van der Waals surface area (Å²) >= 11 is 0. The van der Waals surface area contributed by atoms with Gasteiger partial charge < -0.3 is 15.2 Å². The molecule has 2 aliphatic carbocycles. The number of hydrogen-bond donors (Lipinski definition) is 2. The van der Waals surface area contributed by atoms with E-state index in [0.29, 0.717) is 6.54 Å². The van der Waals surface area contributed by atoms with Gasteiger partial charge in [0.05, 0.1) is 6.61 Å². The van der Waals surface area contributed by atoms with E-state index in [2.05, 4.69) is 29.6 Å². The molecule has 0 aliphatic heterocycles. The monoisotopic (exact) mass is 303 g/mol. The molecule has 1 aromatic carbocycles. The van der Waals surface area contributed by atoms with E-state index in [9.17, 15) is 9.59 Å². The van der Waals surface area contributed by atoms with Gasteiger partial charge in [-0.2, -0.15) is 0 Å². The van der Waals surface area contributed by atoms with Gasteiger partial charge in [0.25, 0.3) is 0 Å². The second kappa shape index (κ2) is 6.08. The Morgan fingerprint density at radius 1 is 1.36 bits per heavy atom. The third kappa shape index (κ3) is 2.86. The Bertz CT molecular complexity index is 586. The maximum Gasteiger partial charge on any atom is 0.329 e. The first kappa shape index (κ1) is 15.0. The molecule has 118 valence electrons. The molecule has 0 bridgehead atoms. The van der Waals surface area contributed by atoms with E-state index in [1.54, 1.807) is 0 Å². The lowest BCUT2D eigenvalue weighted by Crippen LogP contribution is -2.32. The molecule has 2 aliphatic rings. The number of nitrogens with one attached hydrogen (secondary N) is 1. The first-order valence-electron chi connectivity index (χ1n) is 7.79. The average molecular weight is 303 g/mol. The topological polar surface area (TPSA) is 75.6 Å². The molecule has 5 heteroatoms. The fourth-order valence-electron chi connectivity index (χ4n) is 3.70. The standard InChI is InChI=1S/C17H21NO4/c19-15(20)11-22-9-8-18-16(21)14-10-17(14)7-3-5-12-4-1-2-6-13(12)17/h1-2,4,6,14H,3,5,7-11H2,(H,18,21)(H,19,20). The Kier molecular flexibility index (Phi) is 4.16. The van der Waals surface area contributed by atoms with Gasteiger partial charge in [0, 0.05) is 17.9 Å². The number of carboxylic acid groups (broad SMARTS) is 1. The van der Waals surface area contributed by atoms with Crippen LogP contribution in [0.4, 0.5) is 0 Å². The molecule has 1 aromatic rings. The second-order valence-electron chi connectivity index (χ2n) is 6.16. The van der Waals surface area contributed by atoms with E-state index < -0.39 is 5.97 Å². The van der Waals surface area contributed by atoms with Crippen LogP contribution < -0.4 is 5.32 Å². The van der Waals surface area contributed by atoms with Gasteiger partial charge in [-0.15, -0.1) is 0 Å². The fourth-order valence-corrected chi connectivity index (χ4v) is 3.70. The van der Waals surface area contributed by atoms with Gasteiger partial charge in [-0.3, -0.25) is 4.79 Å². The highest BCUT2D eigenvalue weighted by atomic mass is 16.5. The van der Waals surface area contributed by atoms with Crippen LogP contribution >= 0.6 is 0 Å². The number of benzene rings is 1. The van der Waals surface area contributed by atoms with Gasteiger partial charge in [0.1, 0.15) is 6.61 Å². The molecule has 22 heavy (non-hydrogen) atoms. The van der Waals surface area contributed by atoms with Crippen LogP contribution in [0.15, 0.2) is 24.3 Å². The van der Waals surface area contributed by atoms with Crippen LogP contribution in [0.5, 0.6) is 0 Å². The van der Waals surface area contributed by atoms with Crippen LogP contribution in [0.1, 0.15) is 30.4 Å². The highest BCUT2D eigenvalue weighted by Crippen LogP contribution is 2.60. The van der Waals surface area contributed by atoms with Crippen molar-refractivity contribution >= 4 is 11.9 Å². The number of rotatable bonds is 6. The predicted octanol–water partition coefficient (Wildman–Crippen LogP) is 1.50. The van der Waals surface area contributed by atoms with E-state index >= 15 is 0 Å².